The predicted octanol–water partition coefficient (Wildman–Crippen LogP) is 1.65. The molecular formula is C18H22N8O. The molecule has 1 amide bonds. The molecule has 0 spiro atoms. The van der Waals surface area contributed by atoms with E-state index < -0.39 is 0 Å². The second-order valence-electron chi connectivity index (χ2n) is 6.76. The zero-order valence-electron chi connectivity index (χ0n) is 15.4. The van der Waals surface area contributed by atoms with Gasteiger partial charge in [0.05, 0.1) is 29.8 Å². The van der Waals surface area contributed by atoms with Crippen molar-refractivity contribution in [1.29, 1.82) is 0 Å². The van der Waals surface area contributed by atoms with Crippen LogP contribution in [0.25, 0.3) is 5.82 Å². The van der Waals surface area contributed by atoms with Crippen molar-refractivity contribution in [3.05, 3.63) is 47.7 Å². The van der Waals surface area contributed by atoms with Crippen molar-refractivity contribution in [2.45, 2.75) is 32.7 Å². The van der Waals surface area contributed by atoms with Gasteiger partial charge in [0.1, 0.15) is 0 Å². The molecule has 0 aromatic carbocycles. The first kappa shape index (κ1) is 17.3. The second kappa shape index (κ2) is 7.28. The Morgan fingerprint density at radius 3 is 2.74 bits per heavy atom. The van der Waals surface area contributed by atoms with E-state index in [1.54, 1.807) is 27.8 Å². The van der Waals surface area contributed by atoms with E-state index in [1.807, 2.05) is 26.0 Å². The van der Waals surface area contributed by atoms with Crippen LogP contribution in [0.15, 0.2) is 30.6 Å². The Hall–Kier alpha value is -3.07. The molecule has 4 heterocycles. The molecule has 0 aliphatic carbocycles. The molecule has 1 aliphatic rings. The van der Waals surface area contributed by atoms with Crippen LogP contribution < -0.4 is 10.6 Å². The highest BCUT2D eigenvalue weighted by atomic mass is 16.2. The zero-order chi connectivity index (χ0) is 18.8. The maximum Gasteiger partial charge on any atom is 0.277 e. The second-order valence-corrected chi connectivity index (χ2v) is 6.76. The van der Waals surface area contributed by atoms with Crippen molar-refractivity contribution in [2.75, 3.05) is 18.4 Å². The van der Waals surface area contributed by atoms with E-state index in [2.05, 4.69) is 31.0 Å². The third kappa shape index (κ3) is 3.72. The number of carbonyl (C=O) groups is 1. The molecule has 0 bridgehead atoms. The number of amides is 1. The Morgan fingerprint density at radius 2 is 2.07 bits per heavy atom. The topological polar surface area (TPSA) is 103 Å². The Balaban J connectivity index is 1.44. The first-order chi connectivity index (χ1) is 13.1. The normalized spacial score (nSPS) is 15.0. The number of piperidine rings is 1. The van der Waals surface area contributed by atoms with Crippen molar-refractivity contribution in [2.24, 2.45) is 0 Å². The van der Waals surface area contributed by atoms with Crippen LogP contribution in [-0.4, -0.2) is 48.8 Å². The molecule has 4 rings (SSSR count). The number of rotatable bonds is 4. The lowest BCUT2D eigenvalue weighted by Crippen LogP contribution is -2.29. The minimum absolute atomic E-state index is 0.294. The summed E-state index contributed by atoms with van der Waals surface area (Å²) in [5, 5.41) is 18.7. The summed E-state index contributed by atoms with van der Waals surface area (Å²) in [6.07, 6.45) is 5.30. The van der Waals surface area contributed by atoms with Crippen LogP contribution in [0.1, 0.15) is 40.8 Å². The first-order valence-electron chi connectivity index (χ1n) is 9.04. The van der Waals surface area contributed by atoms with E-state index >= 15 is 0 Å². The van der Waals surface area contributed by atoms with E-state index in [1.165, 1.54) is 0 Å². The van der Waals surface area contributed by atoms with Crippen molar-refractivity contribution in [1.82, 2.24) is 35.1 Å². The number of pyridine rings is 1. The average Bonchev–Trinajstić information content (AvgIpc) is 3.30. The molecule has 9 nitrogen and oxygen atoms in total. The van der Waals surface area contributed by atoms with Gasteiger partial charge in [0.2, 0.25) is 0 Å². The van der Waals surface area contributed by atoms with Gasteiger partial charge in [-0.25, -0.2) is 14.3 Å². The highest BCUT2D eigenvalue weighted by Gasteiger charge is 2.19. The summed E-state index contributed by atoms with van der Waals surface area (Å²) >= 11 is 0. The summed E-state index contributed by atoms with van der Waals surface area (Å²) in [6.45, 7) is 5.83. The van der Waals surface area contributed by atoms with Crippen LogP contribution in [-0.2, 0) is 0 Å². The fraction of sp³-hybridized carbons (Fsp3) is 0.389. The molecular weight excluding hydrogens is 344 g/mol. The number of nitrogens with zero attached hydrogens (tertiary/aromatic N) is 6. The lowest BCUT2D eigenvalue weighted by molar-refractivity contribution is 0.102. The third-order valence-electron chi connectivity index (χ3n) is 4.66. The van der Waals surface area contributed by atoms with Gasteiger partial charge in [-0.2, -0.15) is 5.10 Å². The van der Waals surface area contributed by atoms with Gasteiger partial charge in [0.15, 0.2) is 11.5 Å². The maximum absolute atomic E-state index is 12.4. The van der Waals surface area contributed by atoms with Gasteiger partial charge >= 0.3 is 0 Å². The molecule has 1 fully saturated rings. The van der Waals surface area contributed by atoms with Crippen LogP contribution in [0.2, 0.25) is 0 Å². The van der Waals surface area contributed by atoms with Crippen molar-refractivity contribution in [3.8, 4) is 5.82 Å². The first-order valence-corrected chi connectivity index (χ1v) is 9.04. The molecule has 0 radical (unpaired) electrons. The molecule has 9 heteroatoms. The van der Waals surface area contributed by atoms with Crippen molar-refractivity contribution in [3.63, 3.8) is 0 Å². The quantitative estimate of drug-likeness (QED) is 0.728. The van der Waals surface area contributed by atoms with Crippen LogP contribution >= 0.6 is 0 Å². The number of aryl methyl sites for hydroxylation is 2. The summed E-state index contributed by atoms with van der Waals surface area (Å²) in [7, 11) is 0. The number of hydrogen-bond acceptors (Lipinski definition) is 6. The van der Waals surface area contributed by atoms with Crippen LogP contribution in [0.3, 0.4) is 0 Å². The fourth-order valence-electron chi connectivity index (χ4n) is 3.27. The Labute approximate surface area is 156 Å². The molecule has 0 atom stereocenters. The minimum atomic E-state index is -0.296. The number of aromatic nitrogens is 6. The average molecular weight is 366 g/mol. The van der Waals surface area contributed by atoms with Crippen molar-refractivity contribution >= 4 is 11.6 Å². The standard InChI is InChI=1S/C18H22N8O/c1-12-9-13(2)26(23-12)17-4-3-14(10-20-17)21-18(27)16-11-25(24-22-16)15-5-7-19-8-6-15/h3-4,9-11,15,19H,5-8H2,1-2H3,(H,21,27). The molecule has 27 heavy (non-hydrogen) atoms. The summed E-state index contributed by atoms with van der Waals surface area (Å²) in [6, 6.07) is 5.90. The highest BCUT2D eigenvalue weighted by molar-refractivity contribution is 6.02. The lowest BCUT2D eigenvalue weighted by atomic mass is 10.1. The van der Waals surface area contributed by atoms with Gasteiger partial charge in [-0.15, -0.1) is 5.10 Å². The third-order valence-corrected chi connectivity index (χ3v) is 4.66. The van der Waals surface area contributed by atoms with E-state index in [0.717, 1.165) is 37.3 Å². The monoisotopic (exact) mass is 366 g/mol. The van der Waals surface area contributed by atoms with E-state index in [0.29, 0.717) is 23.2 Å². The van der Waals surface area contributed by atoms with Gasteiger partial charge in [0.25, 0.3) is 5.91 Å². The number of hydrogen-bond donors (Lipinski definition) is 2. The summed E-state index contributed by atoms with van der Waals surface area (Å²) in [4.78, 5) is 16.8. The lowest BCUT2D eigenvalue weighted by Gasteiger charge is -2.22. The van der Waals surface area contributed by atoms with Gasteiger partial charge in [-0.1, -0.05) is 5.21 Å². The van der Waals surface area contributed by atoms with Gasteiger partial charge < -0.3 is 10.6 Å². The molecule has 3 aromatic rings. The van der Waals surface area contributed by atoms with Gasteiger partial charge in [0, 0.05) is 5.69 Å². The minimum Gasteiger partial charge on any atom is -0.319 e. The molecule has 2 N–H and O–H groups in total. The largest absolute Gasteiger partial charge is 0.319 e. The van der Waals surface area contributed by atoms with Crippen molar-refractivity contribution < 1.29 is 4.79 Å². The summed E-state index contributed by atoms with van der Waals surface area (Å²) in [5.74, 6) is 0.409. The fourth-order valence-corrected chi connectivity index (χ4v) is 3.27. The molecule has 140 valence electrons. The number of nitrogens with one attached hydrogen (secondary N) is 2. The molecule has 0 saturated carbocycles. The van der Waals surface area contributed by atoms with E-state index in [4.69, 9.17) is 0 Å². The van der Waals surface area contributed by atoms with Gasteiger partial charge in [-0.3, -0.25) is 4.79 Å². The SMILES string of the molecule is Cc1cc(C)n(-c2ccc(NC(=O)c3cn(C4CCNCC4)nn3)cn2)n1. The summed E-state index contributed by atoms with van der Waals surface area (Å²) in [5.41, 5.74) is 2.84. The molecule has 1 aliphatic heterocycles. The Bertz CT molecular complexity index is 937. The number of anilines is 1. The summed E-state index contributed by atoms with van der Waals surface area (Å²) < 4.78 is 3.56. The molecule has 0 unspecified atom stereocenters. The number of carbonyl (C=O) groups excluding carboxylic acids is 1. The van der Waals surface area contributed by atoms with E-state index in [-0.39, 0.29) is 5.91 Å². The molecule has 1 saturated heterocycles. The van der Waals surface area contributed by atoms with Crippen LogP contribution in [0.4, 0.5) is 5.69 Å². The van der Waals surface area contributed by atoms with Crippen LogP contribution in [0.5, 0.6) is 0 Å². The molecule has 3 aromatic heterocycles. The van der Waals surface area contributed by atoms with Crippen LogP contribution in [0, 0.1) is 13.8 Å². The zero-order valence-corrected chi connectivity index (χ0v) is 15.4. The Kier molecular flexibility index (Phi) is 4.68. The smallest absolute Gasteiger partial charge is 0.277 e. The highest BCUT2D eigenvalue weighted by Crippen LogP contribution is 2.18. The predicted molar refractivity (Wildman–Crippen MR) is 99.9 cm³/mol. The van der Waals surface area contributed by atoms with Gasteiger partial charge in [-0.05, 0) is 58.0 Å². The van der Waals surface area contributed by atoms with E-state index in [9.17, 15) is 4.79 Å². The maximum atomic E-state index is 12.4. The Morgan fingerprint density at radius 1 is 1.26 bits per heavy atom.